The van der Waals surface area contributed by atoms with Gasteiger partial charge in [-0.25, -0.2) is 0 Å². The van der Waals surface area contributed by atoms with E-state index in [4.69, 9.17) is 4.74 Å². The Hall–Kier alpha value is -2.86. The van der Waals surface area contributed by atoms with Gasteiger partial charge in [0.05, 0.1) is 25.7 Å². The number of likely N-dealkylation sites (tertiary alicyclic amines) is 1. The second-order valence-corrected chi connectivity index (χ2v) is 6.67. The third kappa shape index (κ3) is 4.86. The molecule has 0 radical (unpaired) electrons. The minimum absolute atomic E-state index is 0.0351. The fourth-order valence-electron chi connectivity index (χ4n) is 3.20. The van der Waals surface area contributed by atoms with Crippen molar-refractivity contribution in [1.29, 1.82) is 0 Å². The van der Waals surface area contributed by atoms with Crippen molar-refractivity contribution >= 4 is 11.8 Å². The summed E-state index contributed by atoms with van der Waals surface area (Å²) in [6, 6.07) is 15.9. The van der Waals surface area contributed by atoms with Crippen molar-refractivity contribution < 1.29 is 19.4 Å². The third-order valence-corrected chi connectivity index (χ3v) is 4.80. The van der Waals surface area contributed by atoms with Gasteiger partial charge < -0.3 is 20.1 Å². The number of ether oxygens (including phenoxy) is 1. The molecule has 0 saturated carbocycles. The lowest BCUT2D eigenvalue weighted by Crippen LogP contribution is -2.55. The van der Waals surface area contributed by atoms with Gasteiger partial charge >= 0.3 is 0 Å². The van der Waals surface area contributed by atoms with Crippen LogP contribution in [-0.4, -0.2) is 54.2 Å². The summed E-state index contributed by atoms with van der Waals surface area (Å²) in [6.45, 7) is 0.723. The first-order chi connectivity index (χ1) is 13.1. The molecule has 0 spiro atoms. The zero-order valence-corrected chi connectivity index (χ0v) is 15.3. The molecule has 2 atom stereocenters. The summed E-state index contributed by atoms with van der Waals surface area (Å²) in [5.74, 6) is 0.501. The number of rotatable bonds is 5. The number of carbonyl (C=O) groups is 2. The number of hydrogen-bond acceptors (Lipinski definition) is 4. The number of aliphatic hydroxyl groups excluding tert-OH is 1. The first kappa shape index (κ1) is 18.9. The number of piperidine rings is 1. The maximum absolute atomic E-state index is 12.5. The zero-order valence-electron chi connectivity index (χ0n) is 15.3. The quantitative estimate of drug-likeness (QED) is 0.841. The number of amides is 2. The van der Waals surface area contributed by atoms with E-state index in [1.807, 2.05) is 30.3 Å². The molecule has 2 N–H and O–H groups in total. The Labute approximate surface area is 158 Å². The van der Waals surface area contributed by atoms with Crippen molar-refractivity contribution in [2.45, 2.75) is 25.0 Å². The van der Waals surface area contributed by atoms with Crippen molar-refractivity contribution in [3.63, 3.8) is 0 Å². The van der Waals surface area contributed by atoms with Crippen LogP contribution in [0.4, 0.5) is 0 Å². The minimum Gasteiger partial charge on any atom is -0.497 e. The third-order valence-electron chi connectivity index (χ3n) is 4.80. The summed E-state index contributed by atoms with van der Waals surface area (Å²) in [4.78, 5) is 26.4. The number of methoxy groups -OCH3 is 1. The summed E-state index contributed by atoms with van der Waals surface area (Å²) in [5.41, 5.74) is 1.46. The Morgan fingerprint density at radius 3 is 2.48 bits per heavy atom. The number of nitrogens with zero attached hydrogens (tertiary/aromatic N) is 1. The van der Waals surface area contributed by atoms with Gasteiger partial charge in [-0.1, -0.05) is 30.3 Å². The zero-order chi connectivity index (χ0) is 19.2. The van der Waals surface area contributed by atoms with E-state index in [9.17, 15) is 14.7 Å². The first-order valence-electron chi connectivity index (χ1n) is 9.01. The fraction of sp³-hybridized carbons (Fsp3) is 0.333. The topological polar surface area (TPSA) is 78.9 Å². The van der Waals surface area contributed by atoms with Crippen molar-refractivity contribution in [2.24, 2.45) is 0 Å². The van der Waals surface area contributed by atoms with Gasteiger partial charge in [-0.05, 0) is 36.2 Å². The smallest absolute Gasteiger partial charge is 0.251 e. The number of nitrogens with one attached hydrogen (secondary N) is 1. The Balaban J connectivity index is 1.52. The number of β-amino-alcohol motifs (C(OH)–C–C–N with tert-alkyl or cyclic N) is 1. The van der Waals surface area contributed by atoms with Gasteiger partial charge in [0.15, 0.2) is 0 Å². The standard InChI is InChI=1S/C21H24N2O4/c1-27-17-9-7-15(8-10-17)13-20(25)23-12-11-18(19(24)14-23)22-21(26)16-5-3-2-4-6-16/h2-10,18-19,24H,11-14H2,1H3,(H,22,26)/t18-,19-/m1/s1. The summed E-state index contributed by atoms with van der Waals surface area (Å²) in [5, 5.41) is 13.3. The molecular weight excluding hydrogens is 344 g/mol. The number of benzene rings is 2. The summed E-state index contributed by atoms with van der Waals surface area (Å²) < 4.78 is 5.12. The highest BCUT2D eigenvalue weighted by atomic mass is 16.5. The highest BCUT2D eigenvalue weighted by molar-refractivity contribution is 5.94. The molecule has 2 amide bonds. The molecule has 27 heavy (non-hydrogen) atoms. The molecule has 3 rings (SSSR count). The van der Waals surface area contributed by atoms with Crippen LogP contribution in [0.2, 0.25) is 0 Å². The molecule has 2 aromatic rings. The van der Waals surface area contributed by atoms with Gasteiger partial charge in [0.1, 0.15) is 5.75 Å². The first-order valence-corrected chi connectivity index (χ1v) is 9.01. The van der Waals surface area contributed by atoms with Gasteiger partial charge in [-0.3, -0.25) is 9.59 Å². The molecule has 0 unspecified atom stereocenters. The molecule has 1 aliphatic rings. The van der Waals surface area contributed by atoms with E-state index in [2.05, 4.69) is 5.32 Å². The number of hydrogen-bond donors (Lipinski definition) is 2. The second-order valence-electron chi connectivity index (χ2n) is 6.67. The monoisotopic (exact) mass is 368 g/mol. The molecule has 2 aromatic carbocycles. The summed E-state index contributed by atoms with van der Waals surface area (Å²) in [7, 11) is 1.60. The predicted octanol–water partition coefficient (Wildman–Crippen LogP) is 1.63. The van der Waals surface area contributed by atoms with E-state index in [1.165, 1.54) is 0 Å². The number of carbonyl (C=O) groups excluding carboxylic acids is 2. The van der Waals surface area contributed by atoms with Crippen molar-refractivity contribution in [3.05, 3.63) is 65.7 Å². The van der Waals surface area contributed by atoms with E-state index in [0.717, 1.165) is 11.3 Å². The molecule has 142 valence electrons. The Bertz CT molecular complexity index is 777. The van der Waals surface area contributed by atoms with Gasteiger partial charge in [0.25, 0.3) is 5.91 Å². The predicted molar refractivity (Wildman–Crippen MR) is 102 cm³/mol. The molecule has 0 bridgehead atoms. The van der Waals surface area contributed by atoms with E-state index in [1.54, 1.807) is 36.3 Å². The minimum atomic E-state index is -0.786. The van der Waals surface area contributed by atoms with Crippen LogP contribution in [0.15, 0.2) is 54.6 Å². The lowest BCUT2D eigenvalue weighted by molar-refractivity contribution is -0.134. The molecule has 6 heteroatoms. The van der Waals surface area contributed by atoms with Crippen LogP contribution in [0.3, 0.4) is 0 Å². The Morgan fingerprint density at radius 1 is 1.15 bits per heavy atom. The van der Waals surface area contributed by atoms with Crippen LogP contribution in [-0.2, 0) is 11.2 Å². The fourth-order valence-corrected chi connectivity index (χ4v) is 3.20. The average molecular weight is 368 g/mol. The maximum atomic E-state index is 12.5. The van der Waals surface area contributed by atoms with Crippen LogP contribution >= 0.6 is 0 Å². The molecule has 1 saturated heterocycles. The summed E-state index contributed by atoms with van der Waals surface area (Å²) >= 11 is 0. The van der Waals surface area contributed by atoms with E-state index < -0.39 is 6.10 Å². The normalized spacial score (nSPS) is 19.4. The van der Waals surface area contributed by atoms with Crippen molar-refractivity contribution in [1.82, 2.24) is 10.2 Å². The molecular formula is C21H24N2O4. The lowest BCUT2D eigenvalue weighted by atomic mass is 10.00. The SMILES string of the molecule is COc1ccc(CC(=O)N2CC[C@@H](NC(=O)c3ccccc3)[C@H](O)C2)cc1. The number of aliphatic hydroxyl groups is 1. The van der Waals surface area contributed by atoms with Gasteiger partial charge in [-0.15, -0.1) is 0 Å². The highest BCUT2D eigenvalue weighted by Gasteiger charge is 2.31. The van der Waals surface area contributed by atoms with E-state index in [0.29, 0.717) is 18.5 Å². The Morgan fingerprint density at radius 2 is 1.85 bits per heavy atom. The molecule has 0 aliphatic carbocycles. The molecule has 1 heterocycles. The van der Waals surface area contributed by atoms with Crippen LogP contribution in [0, 0.1) is 0 Å². The molecule has 0 aromatic heterocycles. The van der Waals surface area contributed by atoms with Crippen molar-refractivity contribution in [3.8, 4) is 5.75 Å². The second kappa shape index (κ2) is 8.68. The van der Waals surface area contributed by atoms with Crippen LogP contribution < -0.4 is 10.1 Å². The van der Waals surface area contributed by atoms with Gasteiger partial charge in [0, 0.05) is 18.7 Å². The Kier molecular flexibility index (Phi) is 6.08. The van der Waals surface area contributed by atoms with E-state index in [-0.39, 0.29) is 30.8 Å². The maximum Gasteiger partial charge on any atom is 0.251 e. The van der Waals surface area contributed by atoms with Gasteiger partial charge in [0.2, 0.25) is 5.91 Å². The van der Waals surface area contributed by atoms with Crippen molar-refractivity contribution in [2.75, 3.05) is 20.2 Å². The van der Waals surface area contributed by atoms with Crippen LogP contribution in [0.5, 0.6) is 5.75 Å². The summed E-state index contributed by atoms with van der Waals surface area (Å²) in [6.07, 6.45) is 0.0116. The largest absolute Gasteiger partial charge is 0.497 e. The molecule has 1 aliphatic heterocycles. The van der Waals surface area contributed by atoms with Crippen LogP contribution in [0.1, 0.15) is 22.3 Å². The van der Waals surface area contributed by atoms with Gasteiger partial charge in [-0.2, -0.15) is 0 Å². The van der Waals surface area contributed by atoms with E-state index >= 15 is 0 Å². The molecule has 1 fully saturated rings. The molecule has 6 nitrogen and oxygen atoms in total. The average Bonchev–Trinajstić information content (AvgIpc) is 2.70. The lowest BCUT2D eigenvalue weighted by Gasteiger charge is -2.36. The van der Waals surface area contributed by atoms with Crippen LogP contribution in [0.25, 0.3) is 0 Å². The highest BCUT2D eigenvalue weighted by Crippen LogP contribution is 2.16.